The van der Waals surface area contributed by atoms with E-state index >= 15 is 0 Å². The zero-order chi connectivity index (χ0) is 12.3. The second kappa shape index (κ2) is 5.25. The van der Waals surface area contributed by atoms with Gasteiger partial charge in [0, 0.05) is 19.3 Å². The Balaban J connectivity index is 2.06. The molecule has 0 saturated carbocycles. The van der Waals surface area contributed by atoms with Crippen LogP contribution in [0.4, 0.5) is 4.39 Å². The molecule has 1 aromatic heterocycles. The summed E-state index contributed by atoms with van der Waals surface area (Å²) in [4.78, 5) is 17.5. The van der Waals surface area contributed by atoms with Gasteiger partial charge >= 0.3 is 0 Å². The SMILES string of the molecule is CC1CCCN(C(=O)c2ccc(F)nc2)CC1. The van der Waals surface area contributed by atoms with E-state index in [4.69, 9.17) is 0 Å². The van der Waals surface area contributed by atoms with E-state index in [1.54, 1.807) is 0 Å². The second-order valence-corrected chi connectivity index (χ2v) is 4.70. The fourth-order valence-corrected chi connectivity index (χ4v) is 2.15. The molecule has 1 aliphatic rings. The standard InChI is InChI=1S/C13H17FN2O/c1-10-3-2-7-16(8-6-10)13(17)11-4-5-12(14)15-9-11/h4-5,9-10H,2-3,6-8H2,1H3. The van der Waals surface area contributed by atoms with E-state index in [0.29, 0.717) is 11.5 Å². The number of pyridine rings is 1. The van der Waals surface area contributed by atoms with E-state index < -0.39 is 5.95 Å². The van der Waals surface area contributed by atoms with E-state index in [1.165, 1.54) is 24.8 Å². The predicted molar refractivity (Wildman–Crippen MR) is 63.1 cm³/mol. The van der Waals surface area contributed by atoms with Crippen molar-refractivity contribution in [2.24, 2.45) is 5.92 Å². The number of hydrogen-bond donors (Lipinski definition) is 0. The van der Waals surface area contributed by atoms with Gasteiger partial charge in [-0.3, -0.25) is 4.79 Å². The van der Waals surface area contributed by atoms with Crippen molar-refractivity contribution in [1.82, 2.24) is 9.88 Å². The summed E-state index contributed by atoms with van der Waals surface area (Å²) >= 11 is 0. The van der Waals surface area contributed by atoms with Crippen LogP contribution in [-0.4, -0.2) is 28.9 Å². The number of nitrogens with zero attached hydrogens (tertiary/aromatic N) is 2. The van der Waals surface area contributed by atoms with Gasteiger partial charge in [-0.25, -0.2) is 4.98 Å². The summed E-state index contributed by atoms with van der Waals surface area (Å²) in [7, 11) is 0. The molecule has 17 heavy (non-hydrogen) atoms. The number of likely N-dealkylation sites (tertiary alicyclic amines) is 1. The third-order valence-electron chi connectivity index (χ3n) is 3.28. The lowest BCUT2D eigenvalue weighted by Crippen LogP contribution is -2.32. The van der Waals surface area contributed by atoms with Crippen LogP contribution < -0.4 is 0 Å². The van der Waals surface area contributed by atoms with Crippen LogP contribution in [0.5, 0.6) is 0 Å². The van der Waals surface area contributed by atoms with Crippen LogP contribution in [0.2, 0.25) is 0 Å². The van der Waals surface area contributed by atoms with Gasteiger partial charge in [-0.05, 0) is 37.3 Å². The smallest absolute Gasteiger partial charge is 0.255 e. The van der Waals surface area contributed by atoms with Gasteiger partial charge in [-0.15, -0.1) is 0 Å². The van der Waals surface area contributed by atoms with Crippen molar-refractivity contribution < 1.29 is 9.18 Å². The monoisotopic (exact) mass is 236 g/mol. The van der Waals surface area contributed by atoms with Crippen LogP contribution in [-0.2, 0) is 0 Å². The van der Waals surface area contributed by atoms with Crippen molar-refractivity contribution in [3.63, 3.8) is 0 Å². The van der Waals surface area contributed by atoms with E-state index in [0.717, 1.165) is 25.9 Å². The Morgan fingerprint density at radius 3 is 2.94 bits per heavy atom. The minimum Gasteiger partial charge on any atom is -0.339 e. The second-order valence-electron chi connectivity index (χ2n) is 4.70. The quantitative estimate of drug-likeness (QED) is 0.702. The van der Waals surface area contributed by atoms with Crippen LogP contribution in [0, 0.1) is 11.9 Å². The first-order chi connectivity index (χ1) is 8.16. The molecule has 0 spiro atoms. The van der Waals surface area contributed by atoms with E-state index in [-0.39, 0.29) is 5.91 Å². The molecule has 0 N–H and O–H groups in total. The number of amides is 1. The highest BCUT2D eigenvalue weighted by Crippen LogP contribution is 2.18. The molecule has 1 aromatic rings. The molecule has 1 atom stereocenters. The lowest BCUT2D eigenvalue weighted by molar-refractivity contribution is 0.0760. The topological polar surface area (TPSA) is 33.2 Å². The average molecular weight is 236 g/mol. The molecule has 92 valence electrons. The highest BCUT2D eigenvalue weighted by molar-refractivity contribution is 5.93. The van der Waals surface area contributed by atoms with E-state index in [1.807, 2.05) is 4.90 Å². The predicted octanol–water partition coefficient (Wildman–Crippen LogP) is 2.48. The Morgan fingerprint density at radius 1 is 1.41 bits per heavy atom. The Labute approximate surface area is 101 Å². The van der Waals surface area contributed by atoms with Crippen LogP contribution >= 0.6 is 0 Å². The first kappa shape index (κ1) is 12.0. The molecular weight excluding hydrogens is 219 g/mol. The fourth-order valence-electron chi connectivity index (χ4n) is 2.15. The van der Waals surface area contributed by atoms with Gasteiger partial charge < -0.3 is 4.90 Å². The maximum atomic E-state index is 12.7. The highest BCUT2D eigenvalue weighted by Gasteiger charge is 2.19. The zero-order valence-electron chi connectivity index (χ0n) is 10.0. The Morgan fingerprint density at radius 2 is 2.24 bits per heavy atom. The summed E-state index contributed by atoms with van der Waals surface area (Å²) < 4.78 is 12.7. The summed E-state index contributed by atoms with van der Waals surface area (Å²) in [6, 6.07) is 2.73. The first-order valence-corrected chi connectivity index (χ1v) is 6.07. The third-order valence-corrected chi connectivity index (χ3v) is 3.28. The molecule has 0 aliphatic carbocycles. The highest BCUT2D eigenvalue weighted by atomic mass is 19.1. The molecule has 1 saturated heterocycles. The molecular formula is C13H17FN2O. The van der Waals surface area contributed by atoms with Crippen molar-refractivity contribution >= 4 is 5.91 Å². The molecule has 0 bridgehead atoms. The summed E-state index contributed by atoms with van der Waals surface area (Å²) in [6.45, 7) is 3.80. The third kappa shape index (κ3) is 3.02. The normalized spacial score (nSPS) is 21.1. The zero-order valence-corrected chi connectivity index (χ0v) is 10.0. The Hall–Kier alpha value is -1.45. The van der Waals surface area contributed by atoms with Gasteiger partial charge in [0.1, 0.15) is 0 Å². The number of aromatic nitrogens is 1. The van der Waals surface area contributed by atoms with Gasteiger partial charge in [0.05, 0.1) is 5.56 Å². The Kier molecular flexibility index (Phi) is 3.71. The lowest BCUT2D eigenvalue weighted by atomic mass is 10.0. The van der Waals surface area contributed by atoms with E-state index in [2.05, 4.69) is 11.9 Å². The maximum absolute atomic E-state index is 12.7. The number of carbonyl (C=O) groups excluding carboxylic acids is 1. The van der Waals surface area contributed by atoms with Crippen molar-refractivity contribution in [2.45, 2.75) is 26.2 Å². The number of halogens is 1. The van der Waals surface area contributed by atoms with Gasteiger partial charge in [-0.1, -0.05) is 6.92 Å². The van der Waals surface area contributed by atoms with Crippen LogP contribution in [0.25, 0.3) is 0 Å². The fraction of sp³-hybridized carbons (Fsp3) is 0.538. The molecule has 4 heteroatoms. The summed E-state index contributed by atoms with van der Waals surface area (Å²) in [5.41, 5.74) is 0.473. The Bertz CT molecular complexity index is 391. The van der Waals surface area contributed by atoms with Crippen molar-refractivity contribution in [1.29, 1.82) is 0 Å². The van der Waals surface area contributed by atoms with Crippen molar-refractivity contribution in [3.8, 4) is 0 Å². The molecule has 0 radical (unpaired) electrons. The minimum absolute atomic E-state index is 0.0356. The largest absolute Gasteiger partial charge is 0.339 e. The van der Waals surface area contributed by atoms with Gasteiger partial charge in [0.15, 0.2) is 0 Å². The van der Waals surface area contributed by atoms with Crippen LogP contribution in [0.3, 0.4) is 0 Å². The average Bonchev–Trinajstić information content (AvgIpc) is 2.54. The molecule has 0 aromatic carbocycles. The lowest BCUT2D eigenvalue weighted by Gasteiger charge is -2.20. The van der Waals surface area contributed by atoms with Gasteiger partial charge in [0.25, 0.3) is 5.91 Å². The van der Waals surface area contributed by atoms with Crippen LogP contribution in [0.1, 0.15) is 36.5 Å². The van der Waals surface area contributed by atoms with Crippen LogP contribution in [0.15, 0.2) is 18.3 Å². The summed E-state index contributed by atoms with van der Waals surface area (Å²) in [5.74, 6) is 0.0942. The van der Waals surface area contributed by atoms with E-state index in [9.17, 15) is 9.18 Å². The molecule has 3 nitrogen and oxygen atoms in total. The van der Waals surface area contributed by atoms with Crippen molar-refractivity contribution in [3.05, 3.63) is 29.8 Å². The number of hydrogen-bond acceptors (Lipinski definition) is 2. The summed E-state index contributed by atoms with van der Waals surface area (Å²) in [6.07, 6.45) is 4.57. The minimum atomic E-state index is -0.550. The maximum Gasteiger partial charge on any atom is 0.255 e. The summed E-state index contributed by atoms with van der Waals surface area (Å²) in [5, 5.41) is 0. The number of carbonyl (C=O) groups is 1. The molecule has 1 fully saturated rings. The molecule has 1 unspecified atom stereocenters. The first-order valence-electron chi connectivity index (χ1n) is 6.07. The molecule has 2 heterocycles. The molecule has 2 rings (SSSR count). The molecule has 1 amide bonds. The van der Waals surface area contributed by atoms with Gasteiger partial charge in [0.2, 0.25) is 5.95 Å². The molecule has 1 aliphatic heterocycles. The number of rotatable bonds is 1. The van der Waals surface area contributed by atoms with Gasteiger partial charge in [-0.2, -0.15) is 4.39 Å². The van der Waals surface area contributed by atoms with Crippen molar-refractivity contribution in [2.75, 3.05) is 13.1 Å².